The molecule has 0 aliphatic carbocycles. The summed E-state index contributed by atoms with van der Waals surface area (Å²) < 4.78 is 43.6. The van der Waals surface area contributed by atoms with Crippen LogP contribution >= 0.6 is 44.6 Å². The molecular weight excluding hydrogens is 510 g/mol. The Labute approximate surface area is 123 Å². The van der Waals surface area contributed by atoms with Crippen LogP contribution in [0.3, 0.4) is 0 Å². The summed E-state index contributed by atoms with van der Waals surface area (Å²) >= 11 is 4.64. The van der Waals surface area contributed by atoms with Gasteiger partial charge >= 0.3 is 25.8 Å². The second kappa shape index (κ2) is 20.2. The summed E-state index contributed by atoms with van der Waals surface area (Å²) in [5.74, 6) is 0. The third-order valence-electron chi connectivity index (χ3n) is 0.333. The van der Waals surface area contributed by atoms with Crippen molar-refractivity contribution in [2.75, 3.05) is 6.38 Å². The van der Waals surface area contributed by atoms with Crippen molar-refractivity contribution in [2.45, 2.75) is 0 Å². The van der Waals surface area contributed by atoms with E-state index in [1.165, 1.54) is 6.38 Å². The molecule has 0 N–H and O–H groups in total. The second-order valence-electron chi connectivity index (χ2n) is 1.20. The van der Waals surface area contributed by atoms with Crippen LogP contribution in [0.5, 0.6) is 0 Å². The minimum absolute atomic E-state index is 0. The molecule has 102 valence electrons. The van der Waals surface area contributed by atoms with Crippen LogP contribution < -0.4 is 19.6 Å². The average Bonchev–Trinajstić information content (AvgIpc) is 2.03. The molecule has 0 aromatic carbocycles. The molecule has 0 saturated carbocycles. The molecule has 0 spiro atoms. The topological polar surface area (TPSA) is 179 Å². The summed E-state index contributed by atoms with van der Waals surface area (Å²) in [6.07, 6.45) is 1.47. The van der Waals surface area contributed by atoms with Crippen LogP contribution in [0.2, 0.25) is 0 Å². The quantitative estimate of drug-likeness (QED) is 0.227. The number of halogens is 1. The third-order valence-corrected chi connectivity index (χ3v) is 3.00. The fraction of sp³-hybridized carbons (Fsp3) is 1.00. The predicted octanol–water partition coefficient (Wildman–Crippen LogP) is -2.14. The van der Waals surface area contributed by atoms with Gasteiger partial charge in [0, 0.05) is 6.38 Å². The van der Waals surface area contributed by atoms with E-state index in [-0.39, 0.29) is 25.8 Å². The molecule has 0 saturated heterocycles. The summed E-state index contributed by atoms with van der Waals surface area (Å²) in [4.78, 5) is 37.1. The Morgan fingerprint density at radius 2 is 0.824 bits per heavy atom. The molecule has 4 unspecified atom stereocenters. The van der Waals surface area contributed by atoms with E-state index in [1.807, 2.05) is 0 Å². The molecule has 0 aromatic rings. The first-order valence-corrected chi connectivity index (χ1v) is 8.48. The minimum atomic E-state index is -3.51. The first-order chi connectivity index (χ1) is 7.25. The summed E-state index contributed by atoms with van der Waals surface area (Å²) in [5, 5.41) is 0. The van der Waals surface area contributed by atoms with Gasteiger partial charge in [-0.05, 0) is 0 Å². The van der Waals surface area contributed by atoms with E-state index in [2.05, 4.69) is 20.2 Å². The average molecular weight is 517 g/mol. The molecule has 0 amide bonds. The van der Waals surface area contributed by atoms with Crippen molar-refractivity contribution in [3.8, 4) is 0 Å². The molecule has 17 heavy (non-hydrogen) atoms. The Kier molecular flexibility index (Phi) is 32.3. The zero-order valence-electron chi connectivity index (χ0n) is 7.96. The van der Waals surface area contributed by atoms with Gasteiger partial charge in [-0.1, -0.05) is 0 Å². The second-order valence-corrected chi connectivity index (χ2v) is 4.84. The molecular formula is CH7ClHfO10P4. The molecule has 0 aliphatic heterocycles. The number of hydrogen-bond donors (Lipinski definition) is 0. The first kappa shape index (κ1) is 27.2. The van der Waals surface area contributed by atoms with Crippen molar-refractivity contribution in [2.24, 2.45) is 0 Å². The molecule has 10 nitrogen and oxygen atoms in total. The smallest absolute Gasteiger partial charge is 0.781 e. The standard InChI is InChI=1S/CH3Cl.Hf.2H4O5P2/c1-2;;2*1-6(2)5-7(3)4/h1H3;;2*6-7H,(H,1,2)(H,3,4)/q;+4;;/p-4. The van der Waals surface area contributed by atoms with Crippen molar-refractivity contribution < 1.29 is 72.3 Å². The summed E-state index contributed by atoms with van der Waals surface area (Å²) in [5.41, 5.74) is 0. The third kappa shape index (κ3) is 46.2. The van der Waals surface area contributed by atoms with Crippen LogP contribution in [0.15, 0.2) is 0 Å². The van der Waals surface area contributed by atoms with Gasteiger partial charge in [0.25, 0.3) is 0 Å². The van der Waals surface area contributed by atoms with Crippen LogP contribution in [0.25, 0.3) is 0 Å². The minimum Gasteiger partial charge on any atom is -0.781 e. The van der Waals surface area contributed by atoms with Gasteiger partial charge in [0.05, 0.1) is 0 Å². The normalized spacial score (nSPS) is 15.6. The largest absolute Gasteiger partial charge is 4.00 e. The van der Waals surface area contributed by atoms with Gasteiger partial charge in [-0.25, -0.2) is 0 Å². The van der Waals surface area contributed by atoms with Crippen molar-refractivity contribution in [1.82, 2.24) is 0 Å². The van der Waals surface area contributed by atoms with Crippen molar-refractivity contribution in [1.29, 1.82) is 0 Å². The van der Waals surface area contributed by atoms with Gasteiger partial charge < -0.3 is 37.8 Å². The monoisotopic (exact) mass is 518 g/mol. The molecule has 0 aliphatic rings. The summed E-state index contributed by atoms with van der Waals surface area (Å²) in [7, 11) is -14.1. The van der Waals surface area contributed by atoms with Gasteiger partial charge in [0.15, 0.2) is 0 Å². The molecule has 0 aromatic heterocycles. The van der Waals surface area contributed by atoms with Gasteiger partial charge in [0.2, 0.25) is 0 Å². The van der Waals surface area contributed by atoms with E-state index in [9.17, 15) is 37.8 Å². The Hall–Kier alpha value is 1.84. The molecule has 0 fully saturated rings. The number of hydrogen-bond acceptors (Lipinski definition) is 10. The fourth-order valence-electron chi connectivity index (χ4n) is 0.136. The van der Waals surface area contributed by atoms with E-state index in [0.717, 1.165) is 0 Å². The van der Waals surface area contributed by atoms with E-state index in [0.29, 0.717) is 0 Å². The number of rotatable bonds is 4. The van der Waals surface area contributed by atoms with Gasteiger partial charge in [-0.3, -0.25) is 8.62 Å². The summed E-state index contributed by atoms with van der Waals surface area (Å²) in [6.45, 7) is 0. The Morgan fingerprint density at radius 3 is 0.824 bits per heavy atom. The molecule has 0 bridgehead atoms. The van der Waals surface area contributed by atoms with Gasteiger partial charge in [-0.2, -0.15) is 0 Å². The molecule has 0 heterocycles. The van der Waals surface area contributed by atoms with Crippen LogP contribution in [0, 0.1) is 0 Å². The van der Waals surface area contributed by atoms with E-state index in [4.69, 9.17) is 0 Å². The first-order valence-electron chi connectivity index (χ1n) is 2.83. The van der Waals surface area contributed by atoms with Crippen molar-refractivity contribution >= 4 is 44.6 Å². The number of alkyl halides is 1. The van der Waals surface area contributed by atoms with Gasteiger partial charge in [-0.15, -0.1) is 11.6 Å². The Morgan fingerprint density at radius 1 is 0.706 bits per heavy atom. The van der Waals surface area contributed by atoms with Crippen LogP contribution in [0.1, 0.15) is 0 Å². The van der Waals surface area contributed by atoms with Crippen LogP contribution in [-0.4, -0.2) is 6.38 Å². The Bertz CT molecular complexity index is 207. The zero-order chi connectivity index (χ0) is 13.7. The molecule has 4 atom stereocenters. The van der Waals surface area contributed by atoms with Gasteiger partial charge in [0.1, 0.15) is 33.0 Å². The SMILES string of the molecule is CCl.O=[PH]([O-])O[PH](=O)[O-].O=[PH]([O-])O[PH](=O)[O-].[Hf+4]. The predicted molar refractivity (Wildman–Crippen MR) is 50.0 cm³/mol. The van der Waals surface area contributed by atoms with E-state index < -0.39 is 33.0 Å². The van der Waals surface area contributed by atoms with E-state index >= 15 is 0 Å². The zero-order valence-corrected chi connectivity index (χ0v) is 16.3. The maximum absolute atomic E-state index is 9.29. The van der Waals surface area contributed by atoms with E-state index in [1.54, 1.807) is 0 Å². The Balaban J connectivity index is -0.0000000823. The fourth-order valence-corrected chi connectivity index (χ4v) is 1.22. The van der Waals surface area contributed by atoms with Crippen molar-refractivity contribution in [3.05, 3.63) is 0 Å². The summed E-state index contributed by atoms with van der Waals surface area (Å²) in [6, 6.07) is 0. The maximum atomic E-state index is 9.29. The van der Waals surface area contributed by atoms with Crippen LogP contribution in [0.4, 0.5) is 0 Å². The maximum Gasteiger partial charge on any atom is 4.00 e. The molecule has 0 rings (SSSR count). The van der Waals surface area contributed by atoms with Crippen LogP contribution in [-0.2, 0) is 52.7 Å². The molecule has 16 heteroatoms. The molecule has 0 radical (unpaired) electrons. The van der Waals surface area contributed by atoms with Crippen molar-refractivity contribution in [3.63, 3.8) is 0 Å².